The first-order valence-corrected chi connectivity index (χ1v) is 5.89. The normalized spacial score (nSPS) is 10.9. The Morgan fingerprint density at radius 1 is 0.895 bits per heavy atom. The molecule has 0 atom stereocenters. The largest absolute Gasteiger partial charge is 0.417 e. The molecule has 0 fully saturated rings. The van der Waals surface area contributed by atoms with E-state index < -0.39 is 0 Å². The highest BCUT2D eigenvalue weighted by molar-refractivity contribution is 5.65. The van der Waals surface area contributed by atoms with E-state index in [0.29, 0.717) is 11.8 Å². The van der Waals surface area contributed by atoms with E-state index >= 15 is 0 Å². The zero-order chi connectivity index (χ0) is 12.9. The highest BCUT2D eigenvalue weighted by atomic mass is 16.4. The van der Waals surface area contributed by atoms with E-state index in [4.69, 9.17) is 4.42 Å². The zero-order valence-electron chi connectivity index (χ0n) is 10.1. The smallest absolute Gasteiger partial charge is 0.248 e. The van der Waals surface area contributed by atoms with Gasteiger partial charge in [0.15, 0.2) is 0 Å². The van der Waals surface area contributed by atoms with Crippen molar-refractivity contribution >= 4 is 12.2 Å². The molecule has 3 aromatic rings. The predicted octanol–water partition coefficient (Wildman–Crippen LogP) is 3.30. The van der Waals surface area contributed by atoms with Crippen molar-refractivity contribution in [2.24, 2.45) is 0 Å². The summed E-state index contributed by atoms with van der Waals surface area (Å²) in [7, 11) is 0. The molecule has 0 bridgehead atoms. The second-order valence-corrected chi connectivity index (χ2v) is 3.93. The standard InChI is InChI=1S/C15H11N3O/c1-2-6-13(7-3-1)15-18-17-14(19-15)9-8-12-5-4-10-16-11-12/h1-11H/b9-8+. The second kappa shape index (κ2) is 5.27. The maximum atomic E-state index is 5.56. The summed E-state index contributed by atoms with van der Waals surface area (Å²) < 4.78 is 5.56. The Morgan fingerprint density at radius 2 is 1.79 bits per heavy atom. The molecule has 0 saturated heterocycles. The second-order valence-electron chi connectivity index (χ2n) is 3.93. The van der Waals surface area contributed by atoms with Crippen LogP contribution in [0.4, 0.5) is 0 Å². The van der Waals surface area contributed by atoms with Gasteiger partial charge in [-0.15, -0.1) is 10.2 Å². The van der Waals surface area contributed by atoms with Gasteiger partial charge in [0.25, 0.3) is 0 Å². The maximum Gasteiger partial charge on any atom is 0.248 e. The Labute approximate surface area is 110 Å². The van der Waals surface area contributed by atoms with Crippen molar-refractivity contribution in [3.63, 3.8) is 0 Å². The molecule has 0 amide bonds. The van der Waals surface area contributed by atoms with Crippen molar-refractivity contribution in [2.45, 2.75) is 0 Å². The number of aromatic nitrogens is 3. The lowest BCUT2D eigenvalue weighted by molar-refractivity contribution is 0.558. The van der Waals surface area contributed by atoms with E-state index in [1.54, 1.807) is 18.5 Å². The summed E-state index contributed by atoms with van der Waals surface area (Å²) in [6, 6.07) is 13.5. The van der Waals surface area contributed by atoms with Crippen molar-refractivity contribution in [1.82, 2.24) is 15.2 Å². The first-order chi connectivity index (χ1) is 9.42. The van der Waals surface area contributed by atoms with E-state index in [-0.39, 0.29) is 0 Å². The quantitative estimate of drug-likeness (QED) is 0.714. The van der Waals surface area contributed by atoms with E-state index in [1.165, 1.54) is 0 Å². The molecule has 0 unspecified atom stereocenters. The first kappa shape index (κ1) is 11.3. The first-order valence-electron chi connectivity index (χ1n) is 5.89. The van der Waals surface area contributed by atoms with Gasteiger partial charge in [0.05, 0.1) is 0 Å². The van der Waals surface area contributed by atoms with Crippen molar-refractivity contribution in [3.05, 3.63) is 66.3 Å². The minimum Gasteiger partial charge on any atom is -0.417 e. The minimum atomic E-state index is 0.475. The summed E-state index contributed by atoms with van der Waals surface area (Å²) in [6.45, 7) is 0. The van der Waals surface area contributed by atoms with Crippen LogP contribution in [0.2, 0.25) is 0 Å². The van der Waals surface area contributed by atoms with Gasteiger partial charge in [-0.1, -0.05) is 24.3 Å². The lowest BCUT2D eigenvalue weighted by Crippen LogP contribution is -1.75. The van der Waals surface area contributed by atoms with Crippen LogP contribution < -0.4 is 0 Å². The summed E-state index contributed by atoms with van der Waals surface area (Å²) in [6.07, 6.45) is 7.16. The van der Waals surface area contributed by atoms with E-state index in [2.05, 4.69) is 15.2 Å². The Bertz CT molecular complexity index is 675. The minimum absolute atomic E-state index is 0.475. The van der Waals surface area contributed by atoms with Gasteiger partial charge in [0.2, 0.25) is 11.8 Å². The van der Waals surface area contributed by atoms with Crippen LogP contribution in [0.3, 0.4) is 0 Å². The van der Waals surface area contributed by atoms with Crippen molar-refractivity contribution in [1.29, 1.82) is 0 Å². The SMILES string of the molecule is C(=C\c1nnc(-c2ccccc2)o1)/c1cccnc1. The Kier molecular flexibility index (Phi) is 3.14. The van der Waals surface area contributed by atoms with Gasteiger partial charge < -0.3 is 4.42 Å². The molecule has 1 aromatic carbocycles. The third-order valence-corrected chi connectivity index (χ3v) is 2.56. The van der Waals surface area contributed by atoms with Gasteiger partial charge in [-0.25, -0.2) is 0 Å². The topological polar surface area (TPSA) is 51.8 Å². The lowest BCUT2D eigenvalue weighted by atomic mass is 10.2. The molecular formula is C15H11N3O. The number of nitrogens with zero attached hydrogens (tertiary/aromatic N) is 3. The number of rotatable bonds is 3. The zero-order valence-corrected chi connectivity index (χ0v) is 10.1. The molecule has 92 valence electrons. The fraction of sp³-hybridized carbons (Fsp3) is 0. The van der Waals surface area contributed by atoms with Gasteiger partial charge >= 0.3 is 0 Å². The molecule has 0 radical (unpaired) electrons. The summed E-state index contributed by atoms with van der Waals surface area (Å²) in [5.41, 5.74) is 1.90. The Balaban J connectivity index is 1.81. The average molecular weight is 249 g/mol. The molecule has 2 heterocycles. The molecule has 0 spiro atoms. The number of hydrogen-bond donors (Lipinski definition) is 0. The Morgan fingerprint density at radius 3 is 2.58 bits per heavy atom. The maximum absolute atomic E-state index is 5.56. The van der Waals surface area contributed by atoms with Crippen LogP contribution in [-0.4, -0.2) is 15.2 Å². The molecule has 4 nitrogen and oxygen atoms in total. The fourth-order valence-corrected chi connectivity index (χ4v) is 1.64. The van der Waals surface area contributed by atoms with Gasteiger partial charge in [-0.05, 0) is 29.8 Å². The third-order valence-electron chi connectivity index (χ3n) is 2.56. The van der Waals surface area contributed by atoms with Crippen LogP contribution in [0.25, 0.3) is 23.6 Å². The van der Waals surface area contributed by atoms with E-state index in [9.17, 15) is 0 Å². The van der Waals surface area contributed by atoms with Crippen molar-refractivity contribution in [3.8, 4) is 11.5 Å². The van der Waals surface area contributed by atoms with E-state index in [1.807, 2.05) is 48.5 Å². The fourth-order valence-electron chi connectivity index (χ4n) is 1.64. The summed E-state index contributed by atoms with van der Waals surface area (Å²) >= 11 is 0. The van der Waals surface area contributed by atoms with Gasteiger partial charge in [-0.3, -0.25) is 4.98 Å². The van der Waals surface area contributed by atoms with Crippen LogP contribution in [0.15, 0.2) is 59.3 Å². The Hall–Kier alpha value is -2.75. The van der Waals surface area contributed by atoms with Crippen molar-refractivity contribution < 1.29 is 4.42 Å². The van der Waals surface area contributed by atoms with Crippen LogP contribution in [-0.2, 0) is 0 Å². The molecule has 0 aliphatic heterocycles. The van der Waals surface area contributed by atoms with Gasteiger partial charge in [-0.2, -0.15) is 0 Å². The summed E-state index contributed by atoms with van der Waals surface area (Å²) in [5, 5.41) is 8.00. The summed E-state index contributed by atoms with van der Waals surface area (Å²) in [4.78, 5) is 4.03. The monoisotopic (exact) mass is 249 g/mol. The average Bonchev–Trinajstić information content (AvgIpc) is 2.96. The van der Waals surface area contributed by atoms with E-state index in [0.717, 1.165) is 11.1 Å². The molecule has 3 rings (SSSR count). The van der Waals surface area contributed by atoms with Crippen LogP contribution >= 0.6 is 0 Å². The molecule has 0 aliphatic rings. The van der Waals surface area contributed by atoms with Crippen LogP contribution in [0.5, 0.6) is 0 Å². The number of pyridine rings is 1. The third kappa shape index (κ3) is 2.74. The molecule has 4 heteroatoms. The van der Waals surface area contributed by atoms with Crippen LogP contribution in [0.1, 0.15) is 11.5 Å². The predicted molar refractivity (Wildman–Crippen MR) is 72.9 cm³/mol. The molecular weight excluding hydrogens is 238 g/mol. The lowest BCUT2D eigenvalue weighted by Gasteiger charge is -1.91. The number of hydrogen-bond acceptors (Lipinski definition) is 4. The molecule has 19 heavy (non-hydrogen) atoms. The van der Waals surface area contributed by atoms with Gasteiger partial charge in [0, 0.05) is 24.0 Å². The molecule has 0 saturated carbocycles. The van der Waals surface area contributed by atoms with Crippen LogP contribution in [0, 0.1) is 0 Å². The highest BCUT2D eigenvalue weighted by Gasteiger charge is 2.05. The van der Waals surface area contributed by atoms with Gasteiger partial charge in [0.1, 0.15) is 0 Å². The molecule has 0 aliphatic carbocycles. The highest BCUT2D eigenvalue weighted by Crippen LogP contribution is 2.17. The molecule has 0 N–H and O–H groups in total. The van der Waals surface area contributed by atoms with Crippen molar-refractivity contribution in [2.75, 3.05) is 0 Å². The molecule has 2 aromatic heterocycles. The number of benzene rings is 1. The summed E-state index contributed by atoms with van der Waals surface area (Å²) in [5.74, 6) is 0.995.